The van der Waals surface area contributed by atoms with E-state index in [1.165, 1.54) is 193 Å². The summed E-state index contributed by atoms with van der Waals surface area (Å²) in [7, 11) is 0. The fourth-order valence-corrected chi connectivity index (χ4v) is 8.97. The van der Waals surface area contributed by atoms with Crippen LogP contribution in [0.25, 0.3) is 0 Å². The van der Waals surface area contributed by atoms with Crippen LogP contribution in [0.15, 0.2) is 60.8 Å². The van der Waals surface area contributed by atoms with Crippen LogP contribution in [0, 0.1) is 0 Å². The highest BCUT2D eigenvalue weighted by atomic mass is 16.6. The molecule has 0 spiro atoms. The molecule has 0 aliphatic rings. The molecule has 0 rings (SSSR count). The van der Waals surface area contributed by atoms with Gasteiger partial charge in [-0.1, -0.05) is 255 Å². The van der Waals surface area contributed by atoms with Crippen molar-refractivity contribution < 1.29 is 28.6 Å². The SMILES string of the molecule is CCCCCCC/C=C\C/C=C\C/C=C\CCCCCCCCCCCCC(=O)OCC(COC(=O)CCCCCCC/C=C\CCCCCCC)OC(=O)CCCCCCC/C=C\CCCCCCCC. The predicted molar refractivity (Wildman–Crippen MR) is 312 cm³/mol. The van der Waals surface area contributed by atoms with Crippen molar-refractivity contribution in [1.82, 2.24) is 0 Å². The lowest BCUT2D eigenvalue weighted by Crippen LogP contribution is -2.30. The molecule has 1 unspecified atom stereocenters. The zero-order valence-corrected chi connectivity index (χ0v) is 47.9. The summed E-state index contributed by atoms with van der Waals surface area (Å²) in [4.78, 5) is 38.2. The van der Waals surface area contributed by atoms with Crippen LogP contribution in [0.4, 0.5) is 0 Å². The topological polar surface area (TPSA) is 78.9 Å². The second kappa shape index (κ2) is 60.7. The van der Waals surface area contributed by atoms with Gasteiger partial charge in [-0.25, -0.2) is 0 Å². The first kappa shape index (κ1) is 69.1. The summed E-state index contributed by atoms with van der Waals surface area (Å²) in [5.74, 6) is -0.888. The van der Waals surface area contributed by atoms with Crippen molar-refractivity contribution in [3.05, 3.63) is 60.8 Å². The van der Waals surface area contributed by atoms with Crippen LogP contribution in [-0.4, -0.2) is 37.2 Å². The Balaban J connectivity index is 4.31. The molecule has 6 heteroatoms. The Bertz CT molecular complexity index is 1290. The monoisotopic (exact) mass is 1010 g/mol. The van der Waals surface area contributed by atoms with E-state index in [2.05, 4.69) is 81.5 Å². The quantitative estimate of drug-likeness (QED) is 0.0261. The number of carbonyl (C=O) groups excluding carboxylic acids is 3. The molecule has 0 N–H and O–H groups in total. The van der Waals surface area contributed by atoms with Crippen LogP contribution in [0.2, 0.25) is 0 Å². The van der Waals surface area contributed by atoms with Crippen LogP contribution < -0.4 is 0 Å². The van der Waals surface area contributed by atoms with Gasteiger partial charge in [-0.2, -0.15) is 0 Å². The highest BCUT2D eigenvalue weighted by Gasteiger charge is 2.19. The number of carbonyl (C=O) groups is 3. The van der Waals surface area contributed by atoms with Crippen molar-refractivity contribution in [3.63, 3.8) is 0 Å². The van der Waals surface area contributed by atoms with E-state index in [9.17, 15) is 14.4 Å². The van der Waals surface area contributed by atoms with Gasteiger partial charge in [0.25, 0.3) is 0 Å². The molecule has 0 saturated heterocycles. The van der Waals surface area contributed by atoms with E-state index in [0.717, 1.165) is 89.9 Å². The van der Waals surface area contributed by atoms with E-state index in [0.29, 0.717) is 19.3 Å². The van der Waals surface area contributed by atoms with E-state index in [1.807, 2.05) is 0 Å². The van der Waals surface area contributed by atoms with Gasteiger partial charge in [0.2, 0.25) is 0 Å². The number of rotatable bonds is 57. The lowest BCUT2D eigenvalue weighted by atomic mass is 10.1. The van der Waals surface area contributed by atoms with Gasteiger partial charge in [0.1, 0.15) is 13.2 Å². The Morgan fingerprint density at radius 1 is 0.278 bits per heavy atom. The molecular formula is C66H118O6. The van der Waals surface area contributed by atoms with Crippen LogP contribution in [0.5, 0.6) is 0 Å². The average Bonchev–Trinajstić information content (AvgIpc) is 3.38. The first-order chi connectivity index (χ1) is 35.5. The number of ether oxygens (including phenoxy) is 3. The molecule has 0 saturated carbocycles. The molecule has 0 bridgehead atoms. The first-order valence-corrected chi connectivity index (χ1v) is 31.3. The molecule has 418 valence electrons. The van der Waals surface area contributed by atoms with Crippen molar-refractivity contribution in [1.29, 1.82) is 0 Å². The number of hydrogen-bond acceptors (Lipinski definition) is 6. The minimum Gasteiger partial charge on any atom is -0.462 e. The van der Waals surface area contributed by atoms with Crippen LogP contribution in [0.3, 0.4) is 0 Å². The highest BCUT2D eigenvalue weighted by Crippen LogP contribution is 2.16. The summed E-state index contributed by atoms with van der Waals surface area (Å²) in [5, 5.41) is 0. The summed E-state index contributed by atoms with van der Waals surface area (Å²) >= 11 is 0. The van der Waals surface area contributed by atoms with Crippen LogP contribution in [0.1, 0.15) is 323 Å². The van der Waals surface area contributed by atoms with Gasteiger partial charge in [0, 0.05) is 19.3 Å². The summed E-state index contributed by atoms with van der Waals surface area (Å²) in [6.45, 7) is 6.63. The van der Waals surface area contributed by atoms with Gasteiger partial charge in [0.05, 0.1) is 0 Å². The van der Waals surface area contributed by atoms with Crippen molar-refractivity contribution >= 4 is 17.9 Å². The zero-order chi connectivity index (χ0) is 52.2. The molecule has 0 amide bonds. The number of unbranched alkanes of at least 4 members (excludes halogenated alkanes) is 36. The van der Waals surface area contributed by atoms with Gasteiger partial charge in [0.15, 0.2) is 6.10 Å². The van der Waals surface area contributed by atoms with E-state index in [4.69, 9.17) is 14.2 Å². The molecule has 0 heterocycles. The normalized spacial score (nSPS) is 12.4. The summed E-state index contributed by atoms with van der Waals surface area (Å²) in [5.41, 5.74) is 0. The third kappa shape index (κ3) is 58.0. The van der Waals surface area contributed by atoms with Crippen LogP contribution in [-0.2, 0) is 28.6 Å². The Labute approximate surface area is 447 Å². The van der Waals surface area contributed by atoms with Crippen molar-refractivity contribution in [2.24, 2.45) is 0 Å². The molecule has 0 radical (unpaired) electrons. The van der Waals surface area contributed by atoms with Crippen molar-refractivity contribution in [2.75, 3.05) is 13.2 Å². The summed E-state index contributed by atoms with van der Waals surface area (Å²) in [6, 6.07) is 0. The second-order valence-electron chi connectivity index (χ2n) is 21.0. The van der Waals surface area contributed by atoms with Gasteiger partial charge in [-0.3, -0.25) is 14.4 Å². The molecule has 0 aromatic carbocycles. The number of hydrogen-bond donors (Lipinski definition) is 0. The van der Waals surface area contributed by atoms with Gasteiger partial charge in [-0.15, -0.1) is 0 Å². The van der Waals surface area contributed by atoms with Crippen molar-refractivity contribution in [3.8, 4) is 0 Å². The highest BCUT2D eigenvalue weighted by molar-refractivity contribution is 5.71. The maximum atomic E-state index is 12.9. The summed E-state index contributed by atoms with van der Waals surface area (Å²) < 4.78 is 16.9. The Kier molecular flexibility index (Phi) is 58.2. The maximum Gasteiger partial charge on any atom is 0.306 e. The molecule has 0 aliphatic heterocycles. The predicted octanol–water partition coefficient (Wildman–Crippen LogP) is 21.2. The minimum absolute atomic E-state index is 0.0807. The Hall–Kier alpha value is -2.89. The molecule has 0 fully saturated rings. The Morgan fingerprint density at radius 2 is 0.500 bits per heavy atom. The number of allylic oxidation sites excluding steroid dienone is 10. The second-order valence-corrected chi connectivity index (χ2v) is 21.0. The zero-order valence-electron chi connectivity index (χ0n) is 47.9. The van der Waals surface area contributed by atoms with Gasteiger partial charge < -0.3 is 14.2 Å². The fraction of sp³-hybridized carbons (Fsp3) is 0.803. The molecule has 0 aromatic rings. The van der Waals surface area contributed by atoms with Crippen LogP contribution >= 0.6 is 0 Å². The maximum absolute atomic E-state index is 12.9. The molecule has 0 aromatic heterocycles. The molecule has 6 nitrogen and oxygen atoms in total. The van der Waals surface area contributed by atoms with E-state index in [1.54, 1.807) is 0 Å². The largest absolute Gasteiger partial charge is 0.462 e. The number of esters is 3. The van der Waals surface area contributed by atoms with E-state index in [-0.39, 0.29) is 31.1 Å². The van der Waals surface area contributed by atoms with Crippen molar-refractivity contribution in [2.45, 2.75) is 329 Å². The third-order valence-corrected chi connectivity index (χ3v) is 13.7. The smallest absolute Gasteiger partial charge is 0.306 e. The molecule has 72 heavy (non-hydrogen) atoms. The molecule has 1 atom stereocenters. The molecular weight excluding hydrogens is 889 g/mol. The summed E-state index contributed by atoms with van der Waals surface area (Å²) in [6.07, 6.45) is 76.5. The Morgan fingerprint density at radius 3 is 0.792 bits per heavy atom. The van der Waals surface area contributed by atoms with Gasteiger partial charge in [-0.05, 0) is 109 Å². The lowest BCUT2D eigenvalue weighted by Gasteiger charge is -2.18. The standard InChI is InChI=1S/C66H118O6/c1-4-7-10-13-16-19-22-25-28-29-30-31-32-33-34-35-36-37-39-41-44-47-50-53-56-59-65(68)71-62-63(61-70-64(67)58-55-52-49-46-43-40-27-24-21-18-15-12-9-6-3)72-66(69)60-57-54-51-48-45-42-38-26-23-20-17-14-11-8-5-2/h22,24-27,29-30,32-33,38,63H,4-21,23,28,31,34-37,39-62H2,1-3H3/b25-22-,27-24-,30-29-,33-32-,38-26-. The molecule has 0 aliphatic carbocycles. The average molecular weight is 1010 g/mol. The third-order valence-electron chi connectivity index (χ3n) is 13.7. The van der Waals surface area contributed by atoms with Gasteiger partial charge >= 0.3 is 17.9 Å². The fourth-order valence-electron chi connectivity index (χ4n) is 8.97. The van der Waals surface area contributed by atoms with E-state index >= 15 is 0 Å². The first-order valence-electron chi connectivity index (χ1n) is 31.3. The minimum atomic E-state index is -0.783. The lowest BCUT2D eigenvalue weighted by molar-refractivity contribution is -0.167. The van der Waals surface area contributed by atoms with E-state index < -0.39 is 6.10 Å².